The van der Waals surface area contributed by atoms with Crippen LogP contribution in [0, 0.1) is 34.5 Å². The van der Waals surface area contributed by atoms with Crippen LogP contribution in [-0.2, 0) is 0 Å². The average molecular weight is 320 g/mol. The predicted molar refractivity (Wildman–Crippen MR) is 95.2 cm³/mol. The molecule has 0 spiro atoms. The zero-order chi connectivity index (χ0) is 16.4. The molecule has 23 heavy (non-hydrogen) atoms. The molecule has 4 fully saturated rings. The lowest BCUT2D eigenvalue weighted by molar-refractivity contribution is -0.127. The van der Waals surface area contributed by atoms with E-state index in [0.29, 0.717) is 10.8 Å². The van der Waals surface area contributed by atoms with Crippen LogP contribution in [0.5, 0.6) is 0 Å². The van der Waals surface area contributed by atoms with E-state index in [4.69, 9.17) is 0 Å². The second-order valence-corrected chi connectivity index (χ2v) is 10.2. The molecule has 4 aliphatic rings. The van der Waals surface area contributed by atoms with Gasteiger partial charge in [0.25, 0.3) is 0 Å². The first kappa shape index (κ1) is 16.4. The summed E-state index contributed by atoms with van der Waals surface area (Å²) in [7, 11) is 4.59. The number of aliphatic hydroxyl groups is 1. The molecule has 0 radical (unpaired) electrons. The SMILES string of the molecule is CN(C)[C@H]1CC[C@@H]2[C@H]3CC[C@H]4C[C@H](O)CC[C@]4(C)[C@H]3CC[C@@]21C. The van der Waals surface area contributed by atoms with Crippen LogP contribution in [0.1, 0.15) is 71.6 Å². The highest BCUT2D eigenvalue weighted by Crippen LogP contribution is 2.66. The van der Waals surface area contributed by atoms with Gasteiger partial charge in [-0.2, -0.15) is 0 Å². The van der Waals surface area contributed by atoms with E-state index in [1.54, 1.807) is 0 Å². The smallest absolute Gasteiger partial charge is 0.0543 e. The molecule has 0 saturated heterocycles. The van der Waals surface area contributed by atoms with Crippen molar-refractivity contribution >= 4 is 0 Å². The summed E-state index contributed by atoms with van der Waals surface area (Å²) in [4.78, 5) is 2.52. The zero-order valence-electron chi connectivity index (χ0n) is 15.7. The predicted octanol–water partition coefficient (Wildman–Crippen LogP) is 4.32. The molecule has 0 aromatic rings. The van der Waals surface area contributed by atoms with Crippen molar-refractivity contribution in [1.29, 1.82) is 0 Å². The lowest BCUT2D eigenvalue weighted by Gasteiger charge is -2.61. The summed E-state index contributed by atoms with van der Waals surface area (Å²) in [6.07, 6.45) is 12.0. The van der Waals surface area contributed by atoms with E-state index in [2.05, 4.69) is 32.8 Å². The summed E-state index contributed by atoms with van der Waals surface area (Å²) in [6, 6.07) is 0.798. The minimum absolute atomic E-state index is 0.0110. The minimum Gasteiger partial charge on any atom is -0.393 e. The lowest BCUT2D eigenvalue weighted by Crippen LogP contribution is -2.55. The maximum Gasteiger partial charge on any atom is 0.0543 e. The molecule has 2 heteroatoms. The van der Waals surface area contributed by atoms with Gasteiger partial charge in [0.1, 0.15) is 0 Å². The molecule has 132 valence electrons. The van der Waals surface area contributed by atoms with Crippen molar-refractivity contribution in [2.75, 3.05) is 14.1 Å². The van der Waals surface area contributed by atoms with Gasteiger partial charge in [-0.25, -0.2) is 0 Å². The van der Waals surface area contributed by atoms with E-state index in [0.717, 1.165) is 42.6 Å². The van der Waals surface area contributed by atoms with Gasteiger partial charge in [0, 0.05) is 6.04 Å². The van der Waals surface area contributed by atoms with E-state index in [-0.39, 0.29) is 6.10 Å². The van der Waals surface area contributed by atoms with Crippen molar-refractivity contribution in [2.24, 2.45) is 34.5 Å². The van der Waals surface area contributed by atoms with Crippen molar-refractivity contribution in [3.8, 4) is 0 Å². The lowest BCUT2D eigenvalue weighted by atomic mass is 9.45. The highest BCUT2D eigenvalue weighted by Gasteiger charge is 2.60. The van der Waals surface area contributed by atoms with Gasteiger partial charge in [0.05, 0.1) is 6.10 Å². The molecule has 4 saturated carbocycles. The minimum atomic E-state index is -0.0110. The molecule has 0 unspecified atom stereocenters. The Morgan fingerprint density at radius 1 is 0.826 bits per heavy atom. The van der Waals surface area contributed by atoms with Crippen LogP contribution in [-0.4, -0.2) is 36.2 Å². The van der Waals surface area contributed by atoms with E-state index in [1.165, 1.54) is 44.9 Å². The number of aliphatic hydroxyl groups excluding tert-OH is 1. The van der Waals surface area contributed by atoms with E-state index >= 15 is 0 Å². The summed E-state index contributed by atoms with van der Waals surface area (Å²) in [5.41, 5.74) is 1.09. The number of hydrogen-bond acceptors (Lipinski definition) is 2. The summed E-state index contributed by atoms with van der Waals surface area (Å²) >= 11 is 0. The summed E-state index contributed by atoms with van der Waals surface area (Å²) in [5, 5.41) is 10.1. The molecule has 0 heterocycles. The topological polar surface area (TPSA) is 23.5 Å². The van der Waals surface area contributed by atoms with Gasteiger partial charge in [-0.05, 0) is 106 Å². The Morgan fingerprint density at radius 2 is 1.52 bits per heavy atom. The Balaban J connectivity index is 1.60. The summed E-state index contributed by atoms with van der Waals surface area (Å²) in [5.74, 6) is 3.66. The first-order valence-corrected chi connectivity index (χ1v) is 10.2. The van der Waals surface area contributed by atoms with Gasteiger partial charge in [-0.1, -0.05) is 13.8 Å². The van der Waals surface area contributed by atoms with Crippen molar-refractivity contribution in [2.45, 2.75) is 83.8 Å². The number of rotatable bonds is 1. The second-order valence-electron chi connectivity index (χ2n) is 10.2. The monoisotopic (exact) mass is 319 g/mol. The van der Waals surface area contributed by atoms with Gasteiger partial charge < -0.3 is 10.0 Å². The fourth-order valence-electron chi connectivity index (χ4n) is 8.06. The van der Waals surface area contributed by atoms with E-state index < -0.39 is 0 Å². The fourth-order valence-corrected chi connectivity index (χ4v) is 8.06. The van der Waals surface area contributed by atoms with Crippen LogP contribution < -0.4 is 0 Å². The van der Waals surface area contributed by atoms with Crippen LogP contribution in [0.15, 0.2) is 0 Å². The molecule has 4 aliphatic carbocycles. The zero-order valence-corrected chi connectivity index (χ0v) is 15.7. The molecule has 1 N–H and O–H groups in total. The largest absolute Gasteiger partial charge is 0.393 e. The van der Waals surface area contributed by atoms with Crippen molar-refractivity contribution in [3.63, 3.8) is 0 Å². The van der Waals surface area contributed by atoms with Crippen LogP contribution in [0.2, 0.25) is 0 Å². The first-order chi connectivity index (χ1) is 10.9. The Hall–Kier alpha value is -0.0800. The molecule has 2 nitrogen and oxygen atoms in total. The molecule has 8 atom stereocenters. The Kier molecular flexibility index (Phi) is 3.89. The molecule has 0 aromatic carbocycles. The van der Waals surface area contributed by atoms with Crippen LogP contribution in [0.3, 0.4) is 0 Å². The van der Waals surface area contributed by atoms with Crippen molar-refractivity contribution < 1.29 is 5.11 Å². The molecular weight excluding hydrogens is 282 g/mol. The first-order valence-electron chi connectivity index (χ1n) is 10.2. The average Bonchev–Trinajstić information content (AvgIpc) is 2.85. The van der Waals surface area contributed by atoms with Gasteiger partial charge >= 0.3 is 0 Å². The van der Waals surface area contributed by atoms with Gasteiger partial charge in [0.2, 0.25) is 0 Å². The second kappa shape index (κ2) is 5.46. The third-order valence-electron chi connectivity index (χ3n) is 9.21. The maximum absolute atomic E-state index is 10.1. The molecule has 0 aliphatic heterocycles. The summed E-state index contributed by atoms with van der Waals surface area (Å²) in [6.45, 7) is 5.21. The Labute approximate surface area is 143 Å². The van der Waals surface area contributed by atoms with E-state index in [9.17, 15) is 5.11 Å². The highest BCUT2D eigenvalue weighted by molar-refractivity contribution is 5.10. The third-order valence-corrected chi connectivity index (χ3v) is 9.21. The molecule has 4 rings (SSSR count). The van der Waals surface area contributed by atoms with Crippen LogP contribution in [0.25, 0.3) is 0 Å². The van der Waals surface area contributed by atoms with Crippen LogP contribution >= 0.6 is 0 Å². The molecule has 0 amide bonds. The Morgan fingerprint density at radius 3 is 2.26 bits per heavy atom. The van der Waals surface area contributed by atoms with Gasteiger partial charge in [-0.3, -0.25) is 0 Å². The van der Waals surface area contributed by atoms with E-state index in [1.807, 2.05) is 0 Å². The standard InChI is InChI=1S/C21H37NO/c1-20-11-9-15(23)13-14(20)5-6-16-17-7-8-19(22(3)4)21(17,2)12-10-18(16)20/h14-19,23H,5-13H2,1-4H3/t14-,15+,16+,17+,18-,19-,20-,21-/m0/s1. The normalized spacial score (nSPS) is 56.1. The number of fused-ring (bicyclic) bond motifs is 5. The van der Waals surface area contributed by atoms with Crippen molar-refractivity contribution in [1.82, 2.24) is 4.90 Å². The molecule has 0 bridgehead atoms. The summed E-state index contributed by atoms with van der Waals surface area (Å²) < 4.78 is 0. The number of hydrogen-bond donors (Lipinski definition) is 1. The maximum atomic E-state index is 10.1. The Bertz CT molecular complexity index is 463. The fraction of sp³-hybridized carbons (Fsp3) is 1.00. The molecular formula is C21H37NO. The van der Waals surface area contributed by atoms with Crippen LogP contribution in [0.4, 0.5) is 0 Å². The van der Waals surface area contributed by atoms with Gasteiger partial charge in [-0.15, -0.1) is 0 Å². The number of nitrogens with zero attached hydrogens (tertiary/aromatic N) is 1. The third kappa shape index (κ3) is 2.27. The molecule has 0 aromatic heterocycles. The quantitative estimate of drug-likeness (QED) is 0.778. The van der Waals surface area contributed by atoms with Gasteiger partial charge in [0.15, 0.2) is 0 Å². The highest BCUT2D eigenvalue weighted by atomic mass is 16.3. The van der Waals surface area contributed by atoms with Crippen molar-refractivity contribution in [3.05, 3.63) is 0 Å².